The van der Waals surface area contributed by atoms with Gasteiger partial charge in [-0.15, -0.1) is 0 Å². The molecule has 0 bridgehead atoms. The van der Waals surface area contributed by atoms with E-state index in [1.165, 1.54) is 0 Å². The van der Waals surface area contributed by atoms with Crippen molar-refractivity contribution in [2.24, 2.45) is 5.73 Å². The van der Waals surface area contributed by atoms with Crippen molar-refractivity contribution in [3.05, 3.63) is 0 Å². The molecular weight excluding hydrogens is 138 g/mol. The van der Waals surface area contributed by atoms with Gasteiger partial charge in [0.05, 0.1) is 12.5 Å². The number of nitriles is 1. The van der Waals surface area contributed by atoms with Gasteiger partial charge in [0, 0.05) is 6.04 Å². The van der Waals surface area contributed by atoms with Gasteiger partial charge in [0.2, 0.25) is 0 Å². The van der Waals surface area contributed by atoms with Gasteiger partial charge >= 0.3 is 0 Å². The first kappa shape index (κ1) is 10.4. The van der Waals surface area contributed by atoms with Crippen LogP contribution in [0.15, 0.2) is 0 Å². The molecular formula is C8H17N3. The number of hydrogen-bond donors (Lipinski definition) is 2. The monoisotopic (exact) mass is 155 g/mol. The van der Waals surface area contributed by atoms with Gasteiger partial charge in [-0.3, -0.25) is 0 Å². The maximum Gasteiger partial charge on any atom is 0.0638 e. The molecule has 0 rings (SSSR count). The minimum Gasteiger partial charge on any atom is -0.330 e. The normalized spacial score (nSPS) is 12.5. The van der Waals surface area contributed by atoms with Gasteiger partial charge < -0.3 is 11.1 Å². The van der Waals surface area contributed by atoms with E-state index in [1.807, 2.05) is 6.92 Å². The number of nitrogens with two attached hydrogens (primary N) is 1. The van der Waals surface area contributed by atoms with Crippen LogP contribution in [0, 0.1) is 11.3 Å². The van der Waals surface area contributed by atoms with E-state index in [-0.39, 0.29) is 0 Å². The Bertz CT molecular complexity index is 117. The molecule has 3 N–H and O–H groups in total. The molecule has 0 heterocycles. The molecule has 64 valence electrons. The lowest BCUT2D eigenvalue weighted by atomic mass is 10.2. The molecule has 0 aliphatic carbocycles. The highest BCUT2D eigenvalue weighted by Crippen LogP contribution is 1.89. The summed E-state index contributed by atoms with van der Waals surface area (Å²) in [6.45, 7) is 3.75. The molecule has 0 saturated heterocycles. The summed E-state index contributed by atoms with van der Waals surface area (Å²) in [6, 6.07) is 2.44. The Hall–Kier alpha value is -0.590. The number of nitrogens with one attached hydrogen (secondary N) is 1. The number of nitrogens with zero attached hydrogens (tertiary/aromatic N) is 1. The molecule has 3 nitrogen and oxygen atoms in total. The van der Waals surface area contributed by atoms with E-state index in [2.05, 4.69) is 11.4 Å². The van der Waals surface area contributed by atoms with Crippen molar-refractivity contribution in [2.45, 2.75) is 32.2 Å². The van der Waals surface area contributed by atoms with Crippen molar-refractivity contribution in [3.63, 3.8) is 0 Å². The number of rotatable bonds is 6. The summed E-state index contributed by atoms with van der Waals surface area (Å²) in [5.74, 6) is 0. The minimum atomic E-state index is 0.317. The first-order valence-electron chi connectivity index (χ1n) is 4.11. The Labute approximate surface area is 68.6 Å². The third-order valence-electron chi connectivity index (χ3n) is 1.52. The predicted octanol–water partition coefficient (Wildman–Crippen LogP) is 0.617. The smallest absolute Gasteiger partial charge is 0.0638 e. The molecule has 0 aliphatic rings. The van der Waals surface area contributed by atoms with Gasteiger partial charge in [0.15, 0.2) is 0 Å². The summed E-state index contributed by atoms with van der Waals surface area (Å²) in [7, 11) is 0. The third kappa shape index (κ3) is 7.31. The molecule has 1 unspecified atom stereocenters. The van der Waals surface area contributed by atoms with Crippen molar-refractivity contribution in [1.82, 2.24) is 5.32 Å². The average Bonchev–Trinajstić information content (AvgIpc) is 1.99. The zero-order chi connectivity index (χ0) is 8.53. The zero-order valence-corrected chi connectivity index (χ0v) is 7.14. The van der Waals surface area contributed by atoms with E-state index in [0.29, 0.717) is 12.5 Å². The molecule has 0 fully saturated rings. The average molecular weight is 155 g/mol. The van der Waals surface area contributed by atoms with Crippen LogP contribution in [0.25, 0.3) is 0 Å². The van der Waals surface area contributed by atoms with E-state index < -0.39 is 0 Å². The SMILES string of the molecule is CC(CC#N)NCCCCN. The van der Waals surface area contributed by atoms with Crippen LogP contribution in [0.4, 0.5) is 0 Å². The predicted molar refractivity (Wildman–Crippen MR) is 46.0 cm³/mol. The van der Waals surface area contributed by atoms with Crippen molar-refractivity contribution in [2.75, 3.05) is 13.1 Å². The first-order chi connectivity index (χ1) is 5.31. The molecule has 0 amide bonds. The summed E-state index contributed by atoms with van der Waals surface area (Å²) in [5, 5.41) is 11.6. The highest BCUT2D eigenvalue weighted by atomic mass is 14.9. The molecule has 0 aromatic rings. The lowest BCUT2D eigenvalue weighted by Gasteiger charge is -2.08. The molecule has 0 saturated carbocycles. The highest BCUT2D eigenvalue weighted by Gasteiger charge is 1.97. The maximum atomic E-state index is 8.33. The van der Waals surface area contributed by atoms with Crippen molar-refractivity contribution >= 4 is 0 Å². The van der Waals surface area contributed by atoms with E-state index in [1.54, 1.807) is 0 Å². The van der Waals surface area contributed by atoms with E-state index in [0.717, 1.165) is 25.9 Å². The van der Waals surface area contributed by atoms with Crippen LogP contribution in [0.2, 0.25) is 0 Å². The quantitative estimate of drug-likeness (QED) is 0.553. The van der Waals surface area contributed by atoms with Gasteiger partial charge in [-0.25, -0.2) is 0 Å². The van der Waals surface area contributed by atoms with Crippen LogP contribution < -0.4 is 11.1 Å². The van der Waals surface area contributed by atoms with E-state index in [9.17, 15) is 0 Å². The van der Waals surface area contributed by atoms with Crippen LogP contribution in [0.1, 0.15) is 26.2 Å². The van der Waals surface area contributed by atoms with Crippen molar-refractivity contribution < 1.29 is 0 Å². The molecule has 1 atom stereocenters. The Morgan fingerprint density at radius 3 is 2.82 bits per heavy atom. The van der Waals surface area contributed by atoms with Crippen molar-refractivity contribution in [1.29, 1.82) is 5.26 Å². The second kappa shape index (κ2) is 7.52. The fraction of sp³-hybridized carbons (Fsp3) is 0.875. The van der Waals surface area contributed by atoms with E-state index >= 15 is 0 Å². The maximum absolute atomic E-state index is 8.33. The van der Waals surface area contributed by atoms with Crippen LogP contribution >= 0.6 is 0 Å². The summed E-state index contributed by atoms with van der Waals surface area (Å²) in [4.78, 5) is 0. The fourth-order valence-electron chi connectivity index (χ4n) is 0.827. The zero-order valence-electron chi connectivity index (χ0n) is 7.14. The Morgan fingerprint density at radius 2 is 2.27 bits per heavy atom. The molecule has 0 aliphatic heterocycles. The van der Waals surface area contributed by atoms with E-state index in [4.69, 9.17) is 11.0 Å². The van der Waals surface area contributed by atoms with Crippen LogP contribution in [-0.4, -0.2) is 19.1 Å². The highest BCUT2D eigenvalue weighted by molar-refractivity contribution is 4.77. The van der Waals surface area contributed by atoms with Gasteiger partial charge in [0.25, 0.3) is 0 Å². The second-order valence-corrected chi connectivity index (χ2v) is 2.71. The Balaban J connectivity index is 3.05. The summed E-state index contributed by atoms with van der Waals surface area (Å²) >= 11 is 0. The summed E-state index contributed by atoms with van der Waals surface area (Å²) < 4.78 is 0. The van der Waals surface area contributed by atoms with Gasteiger partial charge in [0.1, 0.15) is 0 Å². The summed E-state index contributed by atoms with van der Waals surface area (Å²) in [6.07, 6.45) is 2.75. The molecule has 0 aromatic heterocycles. The van der Waals surface area contributed by atoms with Gasteiger partial charge in [-0.1, -0.05) is 0 Å². The van der Waals surface area contributed by atoms with Gasteiger partial charge in [-0.2, -0.15) is 5.26 Å². The van der Waals surface area contributed by atoms with Crippen LogP contribution in [-0.2, 0) is 0 Å². The Morgan fingerprint density at radius 1 is 1.55 bits per heavy atom. The second-order valence-electron chi connectivity index (χ2n) is 2.71. The fourth-order valence-corrected chi connectivity index (χ4v) is 0.827. The minimum absolute atomic E-state index is 0.317. The van der Waals surface area contributed by atoms with Crippen LogP contribution in [0.3, 0.4) is 0 Å². The topological polar surface area (TPSA) is 61.8 Å². The first-order valence-corrected chi connectivity index (χ1v) is 4.11. The molecule has 3 heteroatoms. The molecule has 0 spiro atoms. The lowest BCUT2D eigenvalue weighted by Crippen LogP contribution is -2.26. The van der Waals surface area contributed by atoms with Crippen LogP contribution in [0.5, 0.6) is 0 Å². The third-order valence-corrected chi connectivity index (χ3v) is 1.52. The standard InChI is InChI=1S/C8H17N3/c1-8(4-6-10)11-7-3-2-5-9/h8,11H,2-5,7,9H2,1H3. The molecule has 0 radical (unpaired) electrons. The number of hydrogen-bond acceptors (Lipinski definition) is 3. The Kier molecular flexibility index (Phi) is 7.11. The summed E-state index contributed by atoms with van der Waals surface area (Å²) in [5.41, 5.74) is 5.32. The molecule has 11 heavy (non-hydrogen) atoms. The lowest BCUT2D eigenvalue weighted by molar-refractivity contribution is 0.536. The van der Waals surface area contributed by atoms with Gasteiger partial charge in [-0.05, 0) is 32.9 Å². The molecule has 0 aromatic carbocycles. The number of unbranched alkanes of at least 4 members (excludes halogenated alkanes) is 1. The largest absolute Gasteiger partial charge is 0.330 e. The van der Waals surface area contributed by atoms with Crippen molar-refractivity contribution in [3.8, 4) is 6.07 Å².